The number of sulfonamides is 1. The molecule has 0 N–H and O–H groups in total. The van der Waals surface area contributed by atoms with Gasteiger partial charge in [-0.1, -0.05) is 6.92 Å². The lowest BCUT2D eigenvalue weighted by Gasteiger charge is -2.20. The van der Waals surface area contributed by atoms with Crippen LogP contribution in [0.15, 0.2) is 24.5 Å². The van der Waals surface area contributed by atoms with Gasteiger partial charge in [0.05, 0.1) is 5.75 Å². The molecule has 102 valence electrons. The highest BCUT2D eigenvalue weighted by Gasteiger charge is 2.19. The molecule has 0 aliphatic rings. The van der Waals surface area contributed by atoms with E-state index in [0.29, 0.717) is 25.4 Å². The number of halogens is 1. The SMILES string of the molecule is CCN(Cc1ccncc1)S(=O)(=O)CCCCCl. The van der Waals surface area contributed by atoms with Crippen molar-refractivity contribution in [3.63, 3.8) is 0 Å². The lowest BCUT2D eigenvalue weighted by molar-refractivity contribution is 0.422. The molecule has 1 aromatic heterocycles. The van der Waals surface area contributed by atoms with Crippen molar-refractivity contribution >= 4 is 21.6 Å². The normalized spacial score (nSPS) is 11.9. The first-order valence-electron chi connectivity index (χ1n) is 6.03. The molecule has 0 unspecified atom stereocenters. The van der Waals surface area contributed by atoms with E-state index in [1.54, 1.807) is 12.4 Å². The Labute approximate surface area is 114 Å². The van der Waals surface area contributed by atoms with E-state index in [1.165, 1.54) is 4.31 Å². The fourth-order valence-electron chi connectivity index (χ4n) is 1.61. The molecule has 0 saturated carbocycles. The molecule has 0 amide bonds. The first kappa shape index (κ1) is 15.4. The van der Waals surface area contributed by atoms with Crippen molar-refractivity contribution in [3.8, 4) is 0 Å². The summed E-state index contributed by atoms with van der Waals surface area (Å²) in [6, 6.07) is 3.66. The van der Waals surface area contributed by atoms with E-state index < -0.39 is 10.0 Å². The molecule has 6 heteroatoms. The van der Waals surface area contributed by atoms with Crippen LogP contribution in [0, 0.1) is 0 Å². The Hall–Kier alpha value is -0.650. The van der Waals surface area contributed by atoms with Gasteiger partial charge in [-0.05, 0) is 30.5 Å². The molecule has 0 atom stereocenters. The molecule has 1 aromatic rings. The summed E-state index contributed by atoms with van der Waals surface area (Å²) >= 11 is 5.56. The van der Waals surface area contributed by atoms with Gasteiger partial charge in [-0.3, -0.25) is 4.98 Å². The summed E-state index contributed by atoms with van der Waals surface area (Å²) in [5, 5.41) is 0. The molecule has 4 nitrogen and oxygen atoms in total. The second-order valence-electron chi connectivity index (χ2n) is 3.99. The van der Waals surface area contributed by atoms with Crippen molar-refractivity contribution in [1.29, 1.82) is 0 Å². The minimum absolute atomic E-state index is 0.165. The van der Waals surface area contributed by atoms with Crippen molar-refractivity contribution in [2.24, 2.45) is 0 Å². The van der Waals surface area contributed by atoms with E-state index in [1.807, 2.05) is 19.1 Å². The Morgan fingerprint density at radius 2 is 1.94 bits per heavy atom. The Morgan fingerprint density at radius 3 is 2.50 bits per heavy atom. The third-order valence-electron chi connectivity index (χ3n) is 2.64. The molecule has 0 aromatic carbocycles. The van der Waals surface area contributed by atoms with E-state index in [9.17, 15) is 8.42 Å². The Balaban J connectivity index is 2.65. The number of rotatable bonds is 8. The summed E-state index contributed by atoms with van der Waals surface area (Å²) in [7, 11) is -3.19. The first-order valence-corrected chi connectivity index (χ1v) is 8.17. The number of hydrogen-bond donors (Lipinski definition) is 0. The Morgan fingerprint density at radius 1 is 1.28 bits per heavy atom. The molecule has 18 heavy (non-hydrogen) atoms. The van der Waals surface area contributed by atoms with Crippen molar-refractivity contribution in [2.45, 2.75) is 26.3 Å². The van der Waals surface area contributed by atoms with Crippen LogP contribution >= 0.6 is 11.6 Å². The Bertz CT molecular complexity index is 437. The van der Waals surface area contributed by atoms with Crippen LogP contribution in [0.1, 0.15) is 25.3 Å². The first-order chi connectivity index (χ1) is 8.60. The van der Waals surface area contributed by atoms with Crippen LogP contribution in [-0.4, -0.2) is 35.9 Å². The van der Waals surface area contributed by atoms with E-state index in [4.69, 9.17) is 11.6 Å². The maximum atomic E-state index is 12.1. The zero-order chi connectivity index (χ0) is 13.4. The summed E-state index contributed by atoms with van der Waals surface area (Å²) in [5.41, 5.74) is 0.952. The third kappa shape index (κ3) is 4.92. The van der Waals surface area contributed by atoms with Gasteiger partial charge in [0.25, 0.3) is 0 Å². The quantitative estimate of drug-likeness (QED) is 0.545. The standard InChI is InChI=1S/C12H19ClN2O2S/c1-2-15(11-12-5-8-14-9-6-12)18(16,17)10-4-3-7-13/h5-6,8-9H,2-4,7,10-11H2,1H3. The zero-order valence-electron chi connectivity index (χ0n) is 10.5. The van der Waals surface area contributed by atoms with Crippen LogP contribution in [0.4, 0.5) is 0 Å². The number of alkyl halides is 1. The number of nitrogens with zero attached hydrogens (tertiary/aromatic N) is 2. The predicted molar refractivity (Wildman–Crippen MR) is 74.1 cm³/mol. The highest BCUT2D eigenvalue weighted by atomic mass is 35.5. The molecule has 0 aliphatic heterocycles. The van der Waals surface area contributed by atoms with E-state index in [2.05, 4.69) is 4.98 Å². The van der Waals surface area contributed by atoms with Gasteiger partial charge >= 0.3 is 0 Å². The molecule has 1 heterocycles. The van der Waals surface area contributed by atoms with E-state index >= 15 is 0 Å². The van der Waals surface area contributed by atoms with Gasteiger partial charge in [0.2, 0.25) is 10.0 Å². The second-order valence-corrected chi connectivity index (χ2v) is 6.46. The second kappa shape index (κ2) is 7.71. The fourth-order valence-corrected chi connectivity index (χ4v) is 3.36. The highest BCUT2D eigenvalue weighted by Crippen LogP contribution is 2.10. The van der Waals surface area contributed by atoms with Crippen LogP contribution in [0.2, 0.25) is 0 Å². The number of aromatic nitrogens is 1. The average Bonchev–Trinajstić information content (AvgIpc) is 2.37. The summed E-state index contributed by atoms with van der Waals surface area (Å²) < 4.78 is 25.7. The Kier molecular flexibility index (Phi) is 6.60. The van der Waals surface area contributed by atoms with Gasteiger partial charge in [-0.15, -0.1) is 11.6 Å². The van der Waals surface area contributed by atoms with Crippen molar-refractivity contribution in [2.75, 3.05) is 18.2 Å². The summed E-state index contributed by atoms with van der Waals surface area (Å²) in [6.45, 7) is 2.73. The largest absolute Gasteiger partial charge is 0.265 e. The molecule has 0 spiro atoms. The van der Waals surface area contributed by atoms with Crippen molar-refractivity contribution in [3.05, 3.63) is 30.1 Å². The van der Waals surface area contributed by atoms with Crippen molar-refractivity contribution in [1.82, 2.24) is 9.29 Å². The van der Waals surface area contributed by atoms with Crippen LogP contribution in [-0.2, 0) is 16.6 Å². The minimum Gasteiger partial charge on any atom is -0.265 e. The predicted octanol–water partition coefficient (Wildman–Crippen LogP) is 2.25. The van der Waals surface area contributed by atoms with Gasteiger partial charge in [0.15, 0.2) is 0 Å². The monoisotopic (exact) mass is 290 g/mol. The summed E-state index contributed by atoms with van der Waals surface area (Å²) in [6.07, 6.45) is 4.68. The molecule has 0 saturated heterocycles. The minimum atomic E-state index is -3.19. The molecular formula is C12H19ClN2O2S. The number of hydrogen-bond acceptors (Lipinski definition) is 3. The lowest BCUT2D eigenvalue weighted by atomic mass is 10.3. The smallest absolute Gasteiger partial charge is 0.214 e. The van der Waals surface area contributed by atoms with Crippen molar-refractivity contribution < 1.29 is 8.42 Å². The highest BCUT2D eigenvalue weighted by molar-refractivity contribution is 7.89. The summed E-state index contributed by atoms with van der Waals surface area (Å²) in [5.74, 6) is 0.671. The lowest BCUT2D eigenvalue weighted by Crippen LogP contribution is -2.32. The topological polar surface area (TPSA) is 50.3 Å². The molecule has 0 fully saturated rings. The summed E-state index contributed by atoms with van der Waals surface area (Å²) in [4.78, 5) is 3.92. The van der Waals surface area contributed by atoms with Crippen LogP contribution in [0.5, 0.6) is 0 Å². The third-order valence-corrected chi connectivity index (χ3v) is 4.89. The average molecular weight is 291 g/mol. The van der Waals surface area contributed by atoms with Gasteiger partial charge in [0.1, 0.15) is 0 Å². The zero-order valence-corrected chi connectivity index (χ0v) is 12.1. The van der Waals surface area contributed by atoms with Gasteiger partial charge in [-0.25, -0.2) is 8.42 Å². The molecule has 0 aliphatic carbocycles. The maximum absolute atomic E-state index is 12.1. The molecule has 0 bridgehead atoms. The van der Waals surface area contributed by atoms with Gasteiger partial charge in [-0.2, -0.15) is 4.31 Å². The van der Waals surface area contributed by atoms with Crippen LogP contribution < -0.4 is 0 Å². The van der Waals surface area contributed by atoms with Gasteiger partial charge < -0.3 is 0 Å². The molecule has 1 rings (SSSR count). The van der Waals surface area contributed by atoms with Crippen LogP contribution in [0.3, 0.4) is 0 Å². The fraction of sp³-hybridized carbons (Fsp3) is 0.583. The molecule has 0 radical (unpaired) electrons. The number of pyridine rings is 1. The number of unbranched alkanes of at least 4 members (excludes halogenated alkanes) is 1. The van der Waals surface area contributed by atoms with E-state index in [-0.39, 0.29) is 5.75 Å². The van der Waals surface area contributed by atoms with Gasteiger partial charge in [0, 0.05) is 31.4 Å². The maximum Gasteiger partial charge on any atom is 0.214 e. The van der Waals surface area contributed by atoms with Crippen LogP contribution in [0.25, 0.3) is 0 Å². The van der Waals surface area contributed by atoms with E-state index in [0.717, 1.165) is 12.0 Å². The molecular weight excluding hydrogens is 272 g/mol.